The molecule has 1 aromatic heterocycles. The standard InChI is InChI=1S/C11H15N3O4/c1-6-11-9(18-11)4-3-8(17-6)10-7(14(15)16)5-12-13(10)2/h5-6,8-9,11H,3-4H2,1-2H3/t6-,8-,9-,11+/m0/s1. The first kappa shape index (κ1) is 11.6. The molecule has 0 radical (unpaired) electrons. The Morgan fingerprint density at radius 1 is 1.50 bits per heavy atom. The average Bonchev–Trinajstić information content (AvgIpc) is 3.01. The summed E-state index contributed by atoms with van der Waals surface area (Å²) < 4.78 is 12.9. The van der Waals surface area contributed by atoms with E-state index < -0.39 is 4.92 Å². The number of epoxide rings is 1. The molecule has 2 aliphatic heterocycles. The molecule has 2 saturated heterocycles. The number of nitrogens with zero attached hydrogens (tertiary/aromatic N) is 3. The predicted molar refractivity (Wildman–Crippen MR) is 61.0 cm³/mol. The largest absolute Gasteiger partial charge is 0.367 e. The lowest BCUT2D eigenvalue weighted by Gasteiger charge is -2.19. The Bertz CT molecular complexity index is 487. The first-order chi connectivity index (χ1) is 8.58. The topological polar surface area (TPSA) is 82.7 Å². The van der Waals surface area contributed by atoms with Crippen LogP contribution < -0.4 is 0 Å². The van der Waals surface area contributed by atoms with Crippen LogP contribution in [0.5, 0.6) is 0 Å². The maximum absolute atomic E-state index is 11.0. The van der Waals surface area contributed by atoms with Gasteiger partial charge in [0.25, 0.3) is 0 Å². The van der Waals surface area contributed by atoms with Crippen LogP contribution in [0, 0.1) is 10.1 Å². The molecular formula is C11H15N3O4. The van der Waals surface area contributed by atoms with E-state index in [0.717, 1.165) is 12.8 Å². The highest BCUT2D eigenvalue weighted by Gasteiger charge is 2.47. The Balaban J connectivity index is 1.89. The van der Waals surface area contributed by atoms with Gasteiger partial charge in [0.15, 0.2) is 0 Å². The minimum absolute atomic E-state index is 0.0306. The summed E-state index contributed by atoms with van der Waals surface area (Å²) in [6, 6.07) is 0. The van der Waals surface area contributed by atoms with Gasteiger partial charge in [0, 0.05) is 7.05 Å². The monoisotopic (exact) mass is 253 g/mol. The molecule has 2 fully saturated rings. The van der Waals surface area contributed by atoms with Crippen molar-refractivity contribution in [1.29, 1.82) is 0 Å². The maximum Gasteiger partial charge on any atom is 0.312 e. The van der Waals surface area contributed by atoms with Gasteiger partial charge in [-0.05, 0) is 19.8 Å². The first-order valence-corrected chi connectivity index (χ1v) is 6.05. The van der Waals surface area contributed by atoms with Crippen LogP contribution in [-0.2, 0) is 16.5 Å². The Morgan fingerprint density at radius 3 is 3.00 bits per heavy atom. The number of hydrogen-bond donors (Lipinski definition) is 0. The molecule has 0 unspecified atom stereocenters. The molecule has 0 spiro atoms. The number of nitro groups is 1. The number of hydrogen-bond acceptors (Lipinski definition) is 5. The molecule has 18 heavy (non-hydrogen) atoms. The van der Waals surface area contributed by atoms with E-state index in [4.69, 9.17) is 9.47 Å². The second-order valence-corrected chi connectivity index (χ2v) is 4.84. The highest BCUT2D eigenvalue weighted by atomic mass is 16.6. The van der Waals surface area contributed by atoms with E-state index in [0.29, 0.717) is 5.69 Å². The van der Waals surface area contributed by atoms with Crippen LogP contribution in [0.1, 0.15) is 31.6 Å². The van der Waals surface area contributed by atoms with Gasteiger partial charge < -0.3 is 9.47 Å². The Labute approximate surface area is 104 Å². The van der Waals surface area contributed by atoms with Crippen molar-refractivity contribution in [3.05, 3.63) is 22.0 Å². The van der Waals surface area contributed by atoms with Gasteiger partial charge in [-0.2, -0.15) is 5.10 Å². The smallest absolute Gasteiger partial charge is 0.312 e. The minimum atomic E-state index is -0.404. The van der Waals surface area contributed by atoms with Crippen molar-refractivity contribution in [3.63, 3.8) is 0 Å². The molecule has 7 heteroatoms. The molecule has 98 valence electrons. The van der Waals surface area contributed by atoms with Crippen LogP contribution in [0.4, 0.5) is 5.69 Å². The van der Waals surface area contributed by atoms with Crippen molar-refractivity contribution in [1.82, 2.24) is 9.78 Å². The third-order valence-electron chi connectivity index (χ3n) is 3.64. The zero-order chi connectivity index (χ0) is 12.9. The fraction of sp³-hybridized carbons (Fsp3) is 0.727. The predicted octanol–water partition coefficient (Wildman–Crippen LogP) is 1.34. The number of ether oxygens (including phenoxy) is 2. The molecule has 1 aromatic rings. The van der Waals surface area contributed by atoms with Crippen LogP contribution >= 0.6 is 0 Å². The van der Waals surface area contributed by atoms with E-state index >= 15 is 0 Å². The van der Waals surface area contributed by atoms with Crippen molar-refractivity contribution in [2.24, 2.45) is 7.05 Å². The summed E-state index contributed by atoms with van der Waals surface area (Å²) >= 11 is 0. The van der Waals surface area contributed by atoms with E-state index in [2.05, 4.69) is 5.10 Å². The van der Waals surface area contributed by atoms with Gasteiger partial charge in [-0.1, -0.05) is 0 Å². The van der Waals surface area contributed by atoms with Crippen molar-refractivity contribution < 1.29 is 14.4 Å². The zero-order valence-electron chi connectivity index (χ0n) is 10.3. The average molecular weight is 253 g/mol. The summed E-state index contributed by atoms with van der Waals surface area (Å²) in [5, 5.41) is 15.0. The first-order valence-electron chi connectivity index (χ1n) is 6.05. The molecule has 0 N–H and O–H groups in total. The molecule has 0 aromatic carbocycles. The summed E-state index contributed by atoms with van der Waals surface area (Å²) in [6.45, 7) is 1.95. The minimum Gasteiger partial charge on any atom is -0.367 e. The second kappa shape index (κ2) is 4.03. The van der Waals surface area contributed by atoms with Crippen molar-refractivity contribution in [2.45, 2.75) is 44.2 Å². The third-order valence-corrected chi connectivity index (χ3v) is 3.64. The highest BCUT2D eigenvalue weighted by molar-refractivity contribution is 5.35. The van der Waals surface area contributed by atoms with E-state index in [1.54, 1.807) is 7.05 Å². The molecular weight excluding hydrogens is 238 g/mol. The van der Waals surface area contributed by atoms with E-state index in [1.165, 1.54) is 10.9 Å². The van der Waals surface area contributed by atoms with Crippen LogP contribution in [0.3, 0.4) is 0 Å². The lowest BCUT2D eigenvalue weighted by molar-refractivity contribution is -0.386. The molecule has 0 saturated carbocycles. The second-order valence-electron chi connectivity index (χ2n) is 4.84. The lowest BCUT2D eigenvalue weighted by Crippen LogP contribution is -2.19. The van der Waals surface area contributed by atoms with Crippen molar-refractivity contribution in [2.75, 3.05) is 0 Å². The summed E-state index contributed by atoms with van der Waals surface area (Å²) in [5.74, 6) is 0. The van der Waals surface area contributed by atoms with Crippen LogP contribution in [0.25, 0.3) is 0 Å². The summed E-state index contributed by atoms with van der Waals surface area (Å²) in [6.07, 6.45) is 3.00. The lowest BCUT2D eigenvalue weighted by atomic mass is 10.1. The molecule has 3 heterocycles. The third kappa shape index (κ3) is 1.79. The molecule has 2 aliphatic rings. The number of fused-ring (bicyclic) bond motifs is 1. The molecule has 4 atom stereocenters. The summed E-state index contributed by atoms with van der Waals surface area (Å²) in [5.41, 5.74) is 0.583. The fourth-order valence-corrected chi connectivity index (χ4v) is 2.67. The van der Waals surface area contributed by atoms with Gasteiger partial charge in [-0.25, -0.2) is 0 Å². The molecule has 0 bridgehead atoms. The number of aryl methyl sites for hydroxylation is 1. The Kier molecular flexibility index (Phi) is 2.60. The quantitative estimate of drug-likeness (QED) is 0.451. The van der Waals surface area contributed by atoms with E-state index in [1.807, 2.05) is 6.92 Å². The van der Waals surface area contributed by atoms with Crippen molar-refractivity contribution >= 4 is 5.69 Å². The van der Waals surface area contributed by atoms with E-state index in [9.17, 15) is 10.1 Å². The number of aromatic nitrogens is 2. The molecule has 3 rings (SSSR count). The van der Waals surface area contributed by atoms with Gasteiger partial charge in [-0.3, -0.25) is 14.8 Å². The van der Waals surface area contributed by atoms with Gasteiger partial charge in [0.05, 0.1) is 17.1 Å². The van der Waals surface area contributed by atoms with Gasteiger partial charge in [0.1, 0.15) is 24.1 Å². The van der Waals surface area contributed by atoms with E-state index in [-0.39, 0.29) is 30.1 Å². The van der Waals surface area contributed by atoms with Crippen LogP contribution in [0.15, 0.2) is 6.20 Å². The fourth-order valence-electron chi connectivity index (χ4n) is 2.67. The van der Waals surface area contributed by atoms with Crippen LogP contribution in [-0.4, -0.2) is 33.0 Å². The molecule has 0 amide bonds. The van der Waals surface area contributed by atoms with Gasteiger partial charge in [0.2, 0.25) is 0 Å². The Morgan fingerprint density at radius 2 is 2.28 bits per heavy atom. The summed E-state index contributed by atoms with van der Waals surface area (Å²) in [7, 11) is 1.71. The normalized spacial score (nSPS) is 34.8. The van der Waals surface area contributed by atoms with Gasteiger partial charge in [-0.15, -0.1) is 0 Å². The van der Waals surface area contributed by atoms with Gasteiger partial charge >= 0.3 is 5.69 Å². The molecule has 0 aliphatic carbocycles. The summed E-state index contributed by atoms with van der Waals surface area (Å²) in [4.78, 5) is 10.6. The van der Waals surface area contributed by atoms with Crippen LogP contribution in [0.2, 0.25) is 0 Å². The highest BCUT2D eigenvalue weighted by Crippen LogP contribution is 2.41. The Hall–Kier alpha value is -1.47. The van der Waals surface area contributed by atoms with Crippen molar-refractivity contribution in [3.8, 4) is 0 Å². The molecule has 7 nitrogen and oxygen atoms in total. The zero-order valence-corrected chi connectivity index (χ0v) is 10.3. The maximum atomic E-state index is 11.0. The number of rotatable bonds is 2. The SMILES string of the molecule is C[C@@H]1O[C@H](c2c([N+](=O)[O-])cnn2C)CC[C@@H]2O[C@H]12.